The van der Waals surface area contributed by atoms with Crippen molar-refractivity contribution in [3.63, 3.8) is 0 Å². The van der Waals surface area contributed by atoms with E-state index in [9.17, 15) is 0 Å². The van der Waals surface area contributed by atoms with E-state index in [1.54, 1.807) is 0 Å². The summed E-state index contributed by atoms with van der Waals surface area (Å²) in [5.41, 5.74) is 7.20. The van der Waals surface area contributed by atoms with E-state index in [1.807, 2.05) is 24.3 Å². The lowest BCUT2D eigenvalue weighted by molar-refractivity contribution is 0.593. The van der Waals surface area contributed by atoms with Crippen molar-refractivity contribution in [2.75, 3.05) is 0 Å². The summed E-state index contributed by atoms with van der Waals surface area (Å²) in [6.07, 6.45) is 1.24. The number of benzene rings is 1. The molecule has 0 aromatic heterocycles. The largest absolute Gasteiger partial charge is 0.324 e. The molecule has 2 heteroatoms. The lowest BCUT2D eigenvalue weighted by Gasteiger charge is -2.12. The summed E-state index contributed by atoms with van der Waals surface area (Å²) < 4.78 is 0. The van der Waals surface area contributed by atoms with Gasteiger partial charge in [-0.1, -0.05) is 36.7 Å². The van der Waals surface area contributed by atoms with Gasteiger partial charge in [-0.3, -0.25) is 0 Å². The van der Waals surface area contributed by atoms with E-state index in [0.717, 1.165) is 16.5 Å². The number of rotatable bonds is 2. The monoisotopic (exact) mass is 195 g/mol. The maximum absolute atomic E-state index is 6.11. The van der Waals surface area contributed by atoms with Crippen LogP contribution < -0.4 is 5.73 Å². The van der Waals surface area contributed by atoms with Gasteiger partial charge in [0.25, 0.3) is 0 Å². The molecule has 0 aliphatic heterocycles. The fraction of sp³-hybridized carbons (Fsp3) is 0.455. The van der Waals surface area contributed by atoms with Crippen molar-refractivity contribution in [1.29, 1.82) is 0 Å². The molecule has 0 heterocycles. The topological polar surface area (TPSA) is 26.0 Å². The maximum atomic E-state index is 6.11. The average molecular weight is 196 g/mol. The highest BCUT2D eigenvalue weighted by atomic mass is 35.5. The van der Waals surface area contributed by atoms with Gasteiger partial charge in [-0.25, -0.2) is 0 Å². The molecule has 0 bridgehead atoms. The first kappa shape index (κ1) is 9.04. The fourth-order valence-electron chi connectivity index (χ4n) is 1.83. The Bertz CT molecular complexity index is 311. The third kappa shape index (κ3) is 1.72. The molecule has 1 aliphatic carbocycles. The zero-order valence-corrected chi connectivity index (χ0v) is 8.46. The molecule has 1 nitrogen and oxygen atoms in total. The van der Waals surface area contributed by atoms with Gasteiger partial charge < -0.3 is 5.73 Å². The first-order chi connectivity index (χ1) is 6.20. The normalized spacial score (nSPS) is 28.5. The molecule has 0 radical (unpaired) electrons. The molecule has 13 heavy (non-hydrogen) atoms. The predicted octanol–water partition coefficient (Wildman–Crippen LogP) is 3.00. The summed E-state index contributed by atoms with van der Waals surface area (Å²) in [7, 11) is 0. The molecule has 1 aliphatic rings. The Kier molecular flexibility index (Phi) is 2.31. The number of nitrogens with two attached hydrogens (primary N) is 1. The second kappa shape index (κ2) is 3.32. The molecule has 1 aromatic carbocycles. The summed E-state index contributed by atoms with van der Waals surface area (Å²) in [4.78, 5) is 0. The van der Waals surface area contributed by atoms with Crippen LogP contribution in [0.3, 0.4) is 0 Å². The van der Waals surface area contributed by atoms with Crippen LogP contribution in [-0.4, -0.2) is 0 Å². The zero-order valence-electron chi connectivity index (χ0n) is 7.70. The first-order valence-electron chi connectivity index (χ1n) is 4.70. The van der Waals surface area contributed by atoms with Gasteiger partial charge in [0.05, 0.1) is 0 Å². The van der Waals surface area contributed by atoms with Crippen LogP contribution in [0.5, 0.6) is 0 Å². The number of halogens is 1. The lowest BCUT2D eigenvalue weighted by Crippen LogP contribution is -2.13. The van der Waals surface area contributed by atoms with Crippen LogP contribution in [0, 0.1) is 11.8 Å². The van der Waals surface area contributed by atoms with E-state index in [-0.39, 0.29) is 6.04 Å². The second-order valence-corrected chi connectivity index (χ2v) is 4.33. The van der Waals surface area contributed by atoms with Crippen molar-refractivity contribution in [2.24, 2.45) is 17.6 Å². The third-order valence-electron chi connectivity index (χ3n) is 2.90. The van der Waals surface area contributed by atoms with Gasteiger partial charge in [-0.05, 0) is 29.9 Å². The molecule has 2 N–H and O–H groups in total. The van der Waals surface area contributed by atoms with Crippen molar-refractivity contribution < 1.29 is 0 Å². The SMILES string of the molecule is CC1CC1C(N)c1ccccc1Cl. The van der Waals surface area contributed by atoms with Crippen molar-refractivity contribution >= 4 is 11.6 Å². The van der Waals surface area contributed by atoms with Crippen LogP contribution in [0.2, 0.25) is 5.02 Å². The molecule has 1 aromatic rings. The van der Waals surface area contributed by atoms with E-state index in [0.29, 0.717) is 5.92 Å². The molecule has 1 saturated carbocycles. The van der Waals surface area contributed by atoms with Gasteiger partial charge in [0, 0.05) is 11.1 Å². The van der Waals surface area contributed by atoms with E-state index in [2.05, 4.69) is 6.92 Å². The molecule has 2 rings (SSSR count). The molecule has 1 fully saturated rings. The van der Waals surface area contributed by atoms with Gasteiger partial charge in [0.15, 0.2) is 0 Å². The lowest BCUT2D eigenvalue weighted by atomic mass is 10.0. The Morgan fingerprint density at radius 1 is 1.46 bits per heavy atom. The van der Waals surface area contributed by atoms with Crippen LogP contribution in [-0.2, 0) is 0 Å². The highest BCUT2D eigenvalue weighted by molar-refractivity contribution is 6.31. The standard InChI is InChI=1S/C11H14ClN/c1-7-6-9(7)11(13)8-4-2-3-5-10(8)12/h2-5,7,9,11H,6,13H2,1H3. The summed E-state index contributed by atoms with van der Waals surface area (Å²) >= 11 is 6.06. The molecule has 0 spiro atoms. The highest BCUT2D eigenvalue weighted by Gasteiger charge is 2.38. The molecule has 3 unspecified atom stereocenters. The summed E-state index contributed by atoms with van der Waals surface area (Å²) in [6.45, 7) is 2.24. The zero-order chi connectivity index (χ0) is 9.42. The maximum Gasteiger partial charge on any atom is 0.0453 e. The van der Waals surface area contributed by atoms with Crippen LogP contribution in [0.4, 0.5) is 0 Å². The van der Waals surface area contributed by atoms with Crippen LogP contribution >= 0.6 is 11.6 Å². The summed E-state index contributed by atoms with van der Waals surface area (Å²) in [5.74, 6) is 1.41. The molecule has 0 amide bonds. The Morgan fingerprint density at radius 3 is 2.62 bits per heavy atom. The van der Waals surface area contributed by atoms with Crippen LogP contribution in [0.15, 0.2) is 24.3 Å². The van der Waals surface area contributed by atoms with Gasteiger partial charge in [-0.2, -0.15) is 0 Å². The fourth-order valence-corrected chi connectivity index (χ4v) is 2.09. The molecule has 70 valence electrons. The molecular weight excluding hydrogens is 182 g/mol. The first-order valence-corrected chi connectivity index (χ1v) is 5.08. The summed E-state index contributed by atoms with van der Waals surface area (Å²) in [6, 6.07) is 7.99. The minimum Gasteiger partial charge on any atom is -0.324 e. The quantitative estimate of drug-likeness (QED) is 0.772. The second-order valence-electron chi connectivity index (χ2n) is 3.92. The van der Waals surface area contributed by atoms with Gasteiger partial charge in [0.1, 0.15) is 0 Å². The van der Waals surface area contributed by atoms with Gasteiger partial charge in [0.2, 0.25) is 0 Å². The number of hydrogen-bond acceptors (Lipinski definition) is 1. The smallest absolute Gasteiger partial charge is 0.0453 e. The van der Waals surface area contributed by atoms with Crippen LogP contribution in [0.25, 0.3) is 0 Å². The van der Waals surface area contributed by atoms with E-state index < -0.39 is 0 Å². The Hall–Kier alpha value is -0.530. The van der Waals surface area contributed by atoms with Crippen molar-refractivity contribution in [2.45, 2.75) is 19.4 Å². The Labute approximate surface area is 83.9 Å². The molecule has 0 saturated heterocycles. The van der Waals surface area contributed by atoms with Crippen molar-refractivity contribution in [3.8, 4) is 0 Å². The Balaban J connectivity index is 2.20. The van der Waals surface area contributed by atoms with E-state index >= 15 is 0 Å². The summed E-state index contributed by atoms with van der Waals surface area (Å²) in [5, 5.41) is 0.800. The van der Waals surface area contributed by atoms with E-state index in [1.165, 1.54) is 6.42 Å². The molecule has 3 atom stereocenters. The third-order valence-corrected chi connectivity index (χ3v) is 3.24. The minimum absolute atomic E-state index is 0.128. The van der Waals surface area contributed by atoms with E-state index in [4.69, 9.17) is 17.3 Å². The van der Waals surface area contributed by atoms with Crippen molar-refractivity contribution in [1.82, 2.24) is 0 Å². The number of hydrogen-bond donors (Lipinski definition) is 1. The minimum atomic E-state index is 0.128. The highest BCUT2D eigenvalue weighted by Crippen LogP contribution is 2.46. The Morgan fingerprint density at radius 2 is 2.08 bits per heavy atom. The predicted molar refractivity (Wildman–Crippen MR) is 55.7 cm³/mol. The average Bonchev–Trinajstić information content (AvgIpc) is 2.82. The van der Waals surface area contributed by atoms with Crippen LogP contribution in [0.1, 0.15) is 24.9 Å². The van der Waals surface area contributed by atoms with Gasteiger partial charge >= 0.3 is 0 Å². The van der Waals surface area contributed by atoms with Crippen molar-refractivity contribution in [3.05, 3.63) is 34.9 Å². The molecular formula is C11H14ClN. The van der Waals surface area contributed by atoms with Gasteiger partial charge in [-0.15, -0.1) is 0 Å².